The number of hydrogen-bond donors (Lipinski definition) is 3. The molecule has 15 heteroatoms. The summed E-state index contributed by atoms with van der Waals surface area (Å²) in [6.07, 6.45) is 0.392. The monoisotopic (exact) mass is 807 g/mol. The van der Waals surface area contributed by atoms with Crippen molar-refractivity contribution in [3.05, 3.63) is 70.9 Å². The second kappa shape index (κ2) is 19.9. The molecule has 0 spiro atoms. The predicted octanol–water partition coefficient (Wildman–Crippen LogP) is 5.50. The zero-order chi connectivity index (χ0) is 41.9. The van der Waals surface area contributed by atoms with Crippen molar-refractivity contribution in [3.8, 4) is 16.2 Å². The summed E-state index contributed by atoms with van der Waals surface area (Å²) in [7, 11) is 1.32. The number of methoxy groups -OCH3 is 1. The third-order valence-corrected chi connectivity index (χ3v) is 10.3. The van der Waals surface area contributed by atoms with Gasteiger partial charge < -0.3 is 34.9 Å². The number of β-amino-alcohol motifs (C(OH)–C–C–N with tert-alkyl or cyclic N) is 1. The molecule has 3 atom stereocenters. The van der Waals surface area contributed by atoms with Crippen molar-refractivity contribution >= 4 is 41.1 Å². The molecule has 2 aromatic carbocycles. The Balaban J connectivity index is 1.34. The highest BCUT2D eigenvalue weighted by molar-refractivity contribution is 7.13. The predicted molar refractivity (Wildman–Crippen MR) is 217 cm³/mol. The lowest BCUT2D eigenvalue weighted by atomic mass is 9.85. The van der Waals surface area contributed by atoms with Gasteiger partial charge in [-0.25, -0.2) is 14.6 Å². The van der Waals surface area contributed by atoms with Gasteiger partial charge in [-0.05, 0) is 87.8 Å². The molecule has 0 radical (unpaired) electrons. The summed E-state index contributed by atoms with van der Waals surface area (Å²) in [4.78, 5) is 74.2. The molecule has 4 amide bonds. The normalized spacial score (nSPS) is 16.1. The number of aliphatic hydroxyl groups excluding tert-OH is 1. The number of aryl methyl sites for hydroxylation is 1. The molecule has 57 heavy (non-hydrogen) atoms. The topological polar surface area (TPSA) is 177 Å². The van der Waals surface area contributed by atoms with Crippen LogP contribution in [0.5, 0.6) is 5.75 Å². The smallest absolute Gasteiger partial charge is 0.410 e. The van der Waals surface area contributed by atoms with Crippen molar-refractivity contribution in [2.24, 2.45) is 5.41 Å². The number of thiazole rings is 1. The minimum absolute atomic E-state index is 0.0606. The van der Waals surface area contributed by atoms with Crippen LogP contribution in [0.3, 0.4) is 0 Å². The third kappa shape index (κ3) is 13.3. The standard InChI is InChI=1S/C42H57N5O9S/c1-27-35(57-26-44-27)29-14-12-28(13-15-29)23-43-37(50)33-22-31(48)24-47(33)38(51)36(41(2,3)4)45-34(49)25-46(40(53)56-42(5,6)7)20-10-9-11-21-55-32-18-16-30(17-19-32)39(52)54-8/h12-19,26,31,33,36,48H,9-11,20-25H2,1-8H3,(H,43,50)(H,45,49)/t31-,33?,36-/m1/s1. The van der Waals surface area contributed by atoms with E-state index >= 15 is 0 Å². The van der Waals surface area contributed by atoms with E-state index in [9.17, 15) is 29.1 Å². The van der Waals surface area contributed by atoms with Gasteiger partial charge >= 0.3 is 12.1 Å². The number of unbranched alkanes of at least 4 members (excludes halogenated alkanes) is 2. The van der Waals surface area contributed by atoms with E-state index in [4.69, 9.17) is 14.2 Å². The molecule has 0 aliphatic carbocycles. The summed E-state index contributed by atoms with van der Waals surface area (Å²) in [5.41, 5.74) is 3.50. The largest absolute Gasteiger partial charge is 0.494 e. The number of aliphatic hydroxyl groups is 1. The molecular weight excluding hydrogens is 751 g/mol. The zero-order valence-electron chi connectivity index (χ0n) is 34.3. The summed E-state index contributed by atoms with van der Waals surface area (Å²) in [5, 5.41) is 16.4. The maximum absolute atomic E-state index is 14.2. The number of carbonyl (C=O) groups is 5. The van der Waals surface area contributed by atoms with Crippen LogP contribution >= 0.6 is 11.3 Å². The highest BCUT2D eigenvalue weighted by atomic mass is 32.1. The van der Waals surface area contributed by atoms with Crippen LogP contribution in [0.2, 0.25) is 0 Å². The highest BCUT2D eigenvalue weighted by Crippen LogP contribution is 2.28. The number of likely N-dealkylation sites (tertiary alicyclic amines) is 1. The minimum Gasteiger partial charge on any atom is -0.494 e. The number of rotatable bonds is 16. The average Bonchev–Trinajstić information content (AvgIpc) is 3.77. The highest BCUT2D eigenvalue weighted by Gasteiger charge is 2.44. The van der Waals surface area contributed by atoms with Gasteiger partial charge in [0.05, 0.1) is 41.5 Å². The van der Waals surface area contributed by atoms with Crippen LogP contribution in [0.1, 0.15) is 88.8 Å². The number of aromatic nitrogens is 1. The van der Waals surface area contributed by atoms with Crippen LogP contribution in [-0.2, 0) is 30.4 Å². The second-order valence-electron chi connectivity index (χ2n) is 16.3. The molecule has 3 aromatic rings. The Hall–Kier alpha value is -5.02. The van der Waals surface area contributed by atoms with E-state index in [0.717, 1.165) is 21.7 Å². The fraction of sp³-hybridized carbons (Fsp3) is 0.524. The van der Waals surface area contributed by atoms with E-state index in [0.29, 0.717) is 37.2 Å². The zero-order valence-corrected chi connectivity index (χ0v) is 35.1. The van der Waals surface area contributed by atoms with E-state index in [-0.39, 0.29) is 32.6 Å². The molecule has 1 aliphatic rings. The van der Waals surface area contributed by atoms with Gasteiger partial charge in [0, 0.05) is 26.1 Å². The van der Waals surface area contributed by atoms with Gasteiger partial charge in [-0.2, -0.15) is 0 Å². The first-order chi connectivity index (χ1) is 26.9. The Morgan fingerprint density at radius 1 is 0.982 bits per heavy atom. The van der Waals surface area contributed by atoms with Crippen molar-refractivity contribution < 1.29 is 43.3 Å². The van der Waals surface area contributed by atoms with Gasteiger partial charge in [0.1, 0.15) is 30.0 Å². The molecule has 0 bridgehead atoms. The first-order valence-corrected chi connectivity index (χ1v) is 20.1. The molecule has 14 nitrogen and oxygen atoms in total. The second-order valence-corrected chi connectivity index (χ2v) is 17.1. The van der Waals surface area contributed by atoms with Crippen LogP contribution in [0.15, 0.2) is 54.0 Å². The number of nitrogens with zero attached hydrogens (tertiary/aromatic N) is 3. The molecule has 1 unspecified atom stereocenters. The molecule has 2 heterocycles. The number of amides is 4. The van der Waals surface area contributed by atoms with E-state index in [2.05, 4.69) is 15.6 Å². The molecule has 310 valence electrons. The molecule has 1 aliphatic heterocycles. The Morgan fingerprint density at radius 3 is 2.26 bits per heavy atom. The van der Waals surface area contributed by atoms with Gasteiger partial charge in [0.25, 0.3) is 0 Å². The maximum atomic E-state index is 14.2. The lowest BCUT2D eigenvalue weighted by molar-refractivity contribution is -0.144. The van der Waals surface area contributed by atoms with Gasteiger partial charge in [-0.1, -0.05) is 45.0 Å². The Kier molecular flexibility index (Phi) is 15.6. The molecule has 0 saturated carbocycles. The van der Waals surface area contributed by atoms with Crippen molar-refractivity contribution in [2.75, 3.05) is 33.4 Å². The van der Waals surface area contributed by atoms with Crippen LogP contribution in [0.4, 0.5) is 4.79 Å². The molecule has 4 rings (SSSR count). The van der Waals surface area contributed by atoms with Crippen LogP contribution in [0.25, 0.3) is 10.4 Å². The van der Waals surface area contributed by atoms with Crippen molar-refractivity contribution in [1.82, 2.24) is 25.4 Å². The molecule has 3 N–H and O–H groups in total. The van der Waals surface area contributed by atoms with Gasteiger partial charge in [-0.3, -0.25) is 19.3 Å². The lowest BCUT2D eigenvalue weighted by Gasteiger charge is -2.36. The number of ether oxygens (including phenoxy) is 3. The fourth-order valence-corrected chi connectivity index (χ4v) is 7.11. The quantitative estimate of drug-likeness (QED) is 0.124. The van der Waals surface area contributed by atoms with Crippen LogP contribution in [-0.4, -0.2) is 107 Å². The number of esters is 1. The number of benzene rings is 2. The van der Waals surface area contributed by atoms with Gasteiger partial charge in [0.15, 0.2) is 0 Å². The number of carbonyl (C=O) groups excluding carboxylic acids is 5. The molecular formula is C42H57N5O9S. The van der Waals surface area contributed by atoms with E-state index in [1.807, 2.05) is 31.2 Å². The first-order valence-electron chi connectivity index (χ1n) is 19.2. The fourth-order valence-electron chi connectivity index (χ4n) is 6.30. The summed E-state index contributed by atoms with van der Waals surface area (Å²) in [6, 6.07) is 12.4. The van der Waals surface area contributed by atoms with E-state index in [1.54, 1.807) is 82.7 Å². The van der Waals surface area contributed by atoms with Crippen molar-refractivity contribution in [1.29, 1.82) is 0 Å². The van der Waals surface area contributed by atoms with Crippen LogP contribution in [0, 0.1) is 12.3 Å². The van der Waals surface area contributed by atoms with E-state index in [1.165, 1.54) is 16.9 Å². The summed E-state index contributed by atoms with van der Waals surface area (Å²) in [6.45, 7) is 13.0. The molecule has 1 fully saturated rings. The Bertz CT molecular complexity index is 1830. The number of hydrogen-bond acceptors (Lipinski definition) is 11. The Morgan fingerprint density at radius 2 is 1.67 bits per heavy atom. The van der Waals surface area contributed by atoms with E-state index < -0.39 is 59.0 Å². The third-order valence-electron chi connectivity index (χ3n) is 9.31. The van der Waals surface area contributed by atoms with Crippen LogP contribution < -0.4 is 15.4 Å². The Labute approximate surface area is 339 Å². The van der Waals surface area contributed by atoms with Crippen molar-refractivity contribution in [3.63, 3.8) is 0 Å². The minimum atomic E-state index is -1.06. The maximum Gasteiger partial charge on any atom is 0.410 e. The van der Waals surface area contributed by atoms with Crippen molar-refractivity contribution in [2.45, 2.75) is 104 Å². The lowest BCUT2D eigenvalue weighted by Crippen LogP contribution is -2.59. The van der Waals surface area contributed by atoms with Gasteiger partial charge in [0.2, 0.25) is 17.7 Å². The van der Waals surface area contributed by atoms with Gasteiger partial charge in [-0.15, -0.1) is 11.3 Å². The SMILES string of the molecule is COC(=O)c1ccc(OCCCCCN(CC(=O)N[C@H](C(=O)N2C[C@H](O)CC2C(=O)NCc2ccc(-c3scnc3C)cc2)C(C)(C)C)C(=O)OC(C)(C)C)cc1. The summed E-state index contributed by atoms with van der Waals surface area (Å²) in [5.74, 6) is -1.29. The summed E-state index contributed by atoms with van der Waals surface area (Å²) < 4.78 is 16.1. The molecule has 1 saturated heterocycles. The first kappa shape index (κ1) is 44.7. The number of nitrogens with one attached hydrogen (secondary N) is 2. The average molecular weight is 808 g/mol. The molecule has 1 aromatic heterocycles. The summed E-state index contributed by atoms with van der Waals surface area (Å²) >= 11 is 1.56.